The summed E-state index contributed by atoms with van der Waals surface area (Å²) in [6.45, 7) is 1.89. The quantitative estimate of drug-likeness (QED) is 0.581. The number of esters is 1. The van der Waals surface area contributed by atoms with E-state index < -0.39 is 0 Å². The maximum Gasteiger partial charge on any atom is 0.315 e. The van der Waals surface area contributed by atoms with E-state index >= 15 is 0 Å². The van der Waals surface area contributed by atoms with Crippen LogP contribution in [-0.2, 0) is 9.53 Å². The lowest BCUT2D eigenvalue weighted by atomic mass is 9.62. The average Bonchev–Trinajstić information content (AvgIpc) is 2.17. The predicted molar refractivity (Wildman–Crippen MR) is 61.1 cm³/mol. The van der Waals surface area contributed by atoms with Crippen LogP contribution in [0.1, 0.15) is 25.7 Å². The van der Waals surface area contributed by atoms with Crippen LogP contribution < -0.4 is 5.32 Å². The molecule has 1 fully saturated rings. The second-order valence-electron chi connectivity index (χ2n) is 4.11. The lowest BCUT2D eigenvalue weighted by Crippen LogP contribution is -2.43. The minimum atomic E-state index is -0.239. The minimum absolute atomic E-state index is 0. The van der Waals surface area contributed by atoms with E-state index in [4.69, 9.17) is 4.74 Å². The minimum Gasteiger partial charge on any atom is -0.468 e. The number of rotatable bonds is 2. The smallest absolute Gasteiger partial charge is 0.315 e. The molecule has 0 aromatic carbocycles. The van der Waals surface area contributed by atoms with Crippen LogP contribution in [-0.4, -0.2) is 26.2 Å². The van der Waals surface area contributed by atoms with Crippen molar-refractivity contribution < 1.29 is 9.53 Å². The Hall–Kier alpha value is -0.540. The highest BCUT2D eigenvalue weighted by molar-refractivity contribution is 5.85. The number of carbonyl (C=O) groups excluding carboxylic acids is 1. The molecule has 1 heterocycles. The number of hydrogen-bond donors (Lipinski definition) is 1. The van der Waals surface area contributed by atoms with Gasteiger partial charge in [0.15, 0.2) is 0 Å². The van der Waals surface area contributed by atoms with Crippen molar-refractivity contribution in [1.82, 2.24) is 5.32 Å². The molecule has 1 aliphatic carbocycles. The van der Waals surface area contributed by atoms with Crippen LogP contribution in [0.4, 0.5) is 0 Å². The van der Waals surface area contributed by atoms with Gasteiger partial charge in [-0.05, 0) is 25.8 Å². The highest BCUT2D eigenvalue weighted by Crippen LogP contribution is 2.49. The Balaban J connectivity index is 0.00000112. The fourth-order valence-corrected chi connectivity index (χ4v) is 2.44. The summed E-state index contributed by atoms with van der Waals surface area (Å²) >= 11 is 0. The van der Waals surface area contributed by atoms with Gasteiger partial charge in [0.1, 0.15) is 0 Å². The molecule has 2 rings (SSSR count). The van der Waals surface area contributed by atoms with Crippen LogP contribution >= 0.6 is 12.4 Å². The third-order valence-corrected chi connectivity index (χ3v) is 3.46. The summed E-state index contributed by atoms with van der Waals surface area (Å²) in [6, 6.07) is 0. The molecule has 0 aromatic rings. The predicted octanol–water partition coefficient (Wildman–Crippen LogP) is 1.67. The molecule has 3 nitrogen and oxygen atoms in total. The summed E-state index contributed by atoms with van der Waals surface area (Å²) in [4.78, 5) is 11.7. The van der Waals surface area contributed by atoms with Crippen LogP contribution in [0.15, 0.2) is 11.6 Å². The van der Waals surface area contributed by atoms with Gasteiger partial charge in [-0.3, -0.25) is 4.79 Å². The van der Waals surface area contributed by atoms with E-state index in [2.05, 4.69) is 11.4 Å². The van der Waals surface area contributed by atoms with Crippen molar-refractivity contribution in [2.24, 2.45) is 5.41 Å². The Morgan fingerprint density at radius 1 is 1.53 bits per heavy atom. The van der Waals surface area contributed by atoms with Gasteiger partial charge in [-0.1, -0.05) is 18.1 Å². The third-order valence-electron chi connectivity index (χ3n) is 3.46. The lowest BCUT2D eigenvalue weighted by Gasteiger charge is -2.42. The molecule has 0 atom stereocenters. The van der Waals surface area contributed by atoms with E-state index in [1.807, 2.05) is 0 Å². The van der Waals surface area contributed by atoms with Crippen molar-refractivity contribution in [3.05, 3.63) is 11.6 Å². The molecule has 1 N–H and O–H groups in total. The van der Waals surface area contributed by atoms with Gasteiger partial charge in [-0.15, -0.1) is 12.4 Å². The Morgan fingerprint density at radius 2 is 2.27 bits per heavy atom. The molecule has 0 aromatic heterocycles. The number of carbonyl (C=O) groups is 1. The molecule has 15 heavy (non-hydrogen) atoms. The van der Waals surface area contributed by atoms with Crippen molar-refractivity contribution in [1.29, 1.82) is 0 Å². The van der Waals surface area contributed by atoms with E-state index in [1.54, 1.807) is 0 Å². The van der Waals surface area contributed by atoms with E-state index in [0.29, 0.717) is 0 Å². The first-order valence-electron chi connectivity index (χ1n) is 5.28. The summed E-state index contributed by atoms with van der Waals surface area (Å²) in [5.41, 5.74) is 1.06. The first-order chi connectivity index (χ1) is 6.79. The second-order valence-corrected chi connectivity index (χ2v) is 4.11. The number of hydrogen-bond acceptors (Lipinski definition) is 3. The maximum absolute atomic E-state index is 11.7. The molecule has 86 valence electrons. The standard InChI is InChI=1S/C11H17NO2.ClH/c1-14-10(13)11(5-2-6-11)9-3-7-12-8-4-9;/h3,12H,2,4-8H2,1H3;1H. The second kappa shape index (κ2) is 4.99. The van der Waals surface area contributed by atoms with Crippen LogP contribution in [0.5, 0.6) is 0 Å². The Bertz CT molecular complexity index is 272. The summed E-state index contributed by atoms with van der Waals surface area (Å²) in [5.74, 6) is -0.0306. The van der Waals surface area contributed by atoms with Gasteiger partial charge >= 0.3 is 5.97 Å². The van der Waals surface area contributed by atoms with Crippen molar-refractivity contribution in [3.8, 4) is 0 Å². The number of methoxy groups -OCH3 is 1. The van der Waals surface area contributed by atoms with Crippen molar-refractivity contribution in [3.63, 3.8) is 0 Å². The molecule has 2 aliphatic rings. The fourth-order valence-electron chi connectivity index (χ4n) is 2.44. The Morgan fingerprint density at radius 3 is 2.67 bits per heavy atom. The third kappa shape index (κ3) is 2.04. The molecule has 0 spiro atoms. The van der Waals surface area contributed by atoms with Crippen molar-refractivity contribution >= 4 is 18.4 Å². The number of nitrogens with one attached hydrogen (secondary N) is 1. The van der Waals surface area contributed by atoms with Gasteiger partial charge < -0.3 is 10.1 Å². The summed E-state index contributed by atoms with van der Waals surface area (Å²) in [5, 5.41) is 3.26. The van der Waals surface area contributed by atoms with Crippen LogP contribution in [0.25, 0.3) is 0 Å². The SMILES string of the molecule is COC(=O)C1(C2=CCNCC2)CCC1.Cl. The van der Waals surface area contributed by atoms with Crippen LogP contribution in [0.3, 0.4) is 0 Å². The first-order valence-corrected chi connectivity index (χ1v) is 5.28. The lowest BCUT2D eigenvalue weighted by molar-refractivity contribution is -0.155. The van der Waals surface area contributed by atoms with Gasteiger partial charge in [-0.2, -0.15) is 0 Å². The number of ether oxygens (including phenoxy) is 1. The van der Waals surface area contributed by atoms with E-state index in [9.17, 15) is 4.79 Å². The molecule has 0 amide bonds. The topological polar surface area (TPSA) is 38.3 Å². The summed E-state index contributed by atoms with van der Waals surface area (Å²) in [7, 11) is 1.49. The zero-order valence-electron chi connectivity index (χ0n) is 9.04. The largest absolute Gasteiger partial charge is 0.468 e. The monoisotopic (exact) mass is 231 g/mol. The Kier molecular flexibility index (Phi) is 4.17. The Labute approximate surface area is 96.7 Å². The normalized spacial score (nSPS) is 23.1. The van der Waals surface area contributed by atoms with Crippen molar-refractivity contribution in [2.75, 3.05) is 20.2 Å². The molecule has 0 radical (unpaired) electrons. The summed E-state index contributed by atoms with van der Waals surface area (Å²) < 4.78 is 4.91. The molecule has 4 heteroatoms. The zero-order chi connectivity index (χ0) is 10.0. The van der Waals surface area contributed by atoms with Crippen molar-refractivity contribution in [2.45, 2.75) is 25.7 Å². The van der Waals surface area contributed by atoms with Crippen LogP contribution in [0.2, 0.25) is 0 Å². The van der Waals surface area contributed by atoms with Gasteiger partial charge in [0, 0.05) is 6.54 Å². The van der Waals surface area contributed by atoms with Gasteiger partial charge in [0.05, 0.1) is 12.5 Å². The van der Waals surface area contributed by atoms with E-state index in [1.165, 1.54) is 12.7 Å². The molecular formula is C11H18ClNO2. The maximum atomic E-state index is 11.7. The van der Waals surface area contributed by atoms with Gasteiger partial charge in [0.25, 0.3) is 0 Å². The fraction of sp³-hybridized carbons (Fsp3) is 0.727. The van der Waals surface area contributed by atoms with Gasteiger partial charge in [-0.25, -0.2) is 0 Å². The highest BCUT2D eigenvalue weighted by atomic mass is 35.5. The van der Waals surface area contributed by atoms with Crippen LogP contribution in [0, 0.1) is 5.41 Å². The number of halogens is 1. The molecular weight excluding hydrogens is 214 g/mol. The summed E-state index contributed by atoms with van der Waals surface area (Å²) in [6.07, 6.45) is 6.27. The molecule has 1 saturated carbocycles. The van der Waals surface area contributed by atoms with E-state index in [-0.39, 0.29) is 23.8 Å². The molecule has 0 unspecified atom stereocenters. The highest BCUT2D eigenvalue weighted by Gasteiger charge is 2.47. The molecule has 0 saturated heterocycles. The average molecular weight is 232 g/mol. The first kappa shape index (κ1) is 12.5. The molecule has 0 bridgehead atoms. The van der Waals surface area contributed by atoms with Gasteiger partial charge in [0.2, 0.25) is 0 Å². The molecule has 1 aliphatic heterocycles. The van der Waals surface area contributed by atoms with E-state index in [0.717, 1.165) is 38.8 Å². The zero-order valence-corrected chi connectivity index (χ0v) is 9.86.